The average Bonchev–Trinajstić information content (AvgIpc) is 2.95. The fourth-order valence-corrected chi connectivity index (χ4v) is 4.74. The summed E-state index contributed by atoms with van der Waals surface area (Å²) in [6.45, 7) is 2.42. The van der Waals surface area contributed by atoms with E-state index in [1.807, 2.05) is 31.3 Å². The SMILES string of the molecule is CNCc1ccc2cccc(NS(=O)(=O)c3ccsc3C)c2n1. The molecule has 3 rings (SSSR count). The zero-order valence-corrected chi connectivity index (χ0v) is 14.5. The third kappa shape index (κ3) is 3.21. The van der Waals surface area contributed by atoms with Crippen molar-refractivity contribution in [3.63, 3.8) is 0 Å². The van der Waals surface area contributed by atoms with Crippen molar-refractivity contribution in [2.45, 2.75) is 18.4 Å². The van der Waals surface area contributed by atoms with E-state index >= 15 is 0 Å². The van der Waals surface area contributed by atoms with E-state index in [-0.39, 0.29) is 0 Å². The van der Waals surface area contributed by atoms with Crippen LogP contribution < -0.4 is 10.0 Å². The minimum absolute atomic E-state index is 0.311. The number of thiophene rings is 1. The number of hydrogen-bond donors (Lipinski definition) is 2. The van der Waals surface area contributed by atoms with E-state index < -0.39 is 10.0 Å². The van der Waals surface area contributed by atoms with Gasteiger partial charge in [-0.2, -0.15) is 0 Å². The summed E-state index contributed by atoms with van der Waals surface area (Å²) in [5.74, 6) is 0. The molecule has 0 saturated carbocycles. The van der Waals surface area contributed by atoms with Gasteiger partial charge in [0.1, 0.15) is 4.90 Å². The molecule has 5 nitrogen and oxygen atoms in total. The van der Waals surface area contributed by atoms with E-state index in [4.69, 9.17) is 0 Å². The van der Waals surface area contributed by atoms with Gasteiger partial charge in [-0.1, -0.05) is 18.2 Å². The minimum atomic E-state index is -3.61. The van der Waals surface area contributed by atoms with Gasteiger partial charge in [-0.3, -0.25) is 4.72 Å². The second-order valence-corrected chi connectivity index (χ2v) is 7.93. The molecular formula is C16H17N3O2S2. The normalized spacial score (nSPS) is 11.7. The summed E-state index contributed by atoms with van der Waals surface area (Å²) in [6, 6.07) is 11.0. The number of rotatable bonds is 5. The first kappa shape index (κ1) is 15.9. The highest BCUT2D eigenvalue weighted by atomic mass is 32.2. The molecule has 0 spiro atoms. The first-order valence-electron chi connectivity index (χ1n) is 7.11. The highest BCUT2D eigenvalue weighted by Crippen LogP contribution is 2.27. The van der Waals surface area contributed by atoms with Crippen LogP contribution in [0, 0.1) is 6.92 Å². The lowest BCUT2D eigenvalue weighted by molar-refractivity contribution is 0.601. The molecular weight excluding hydrogens is 330 g/mol. The van der Waals surface area contributed by atoms with Crippen molar-refractivity contribution < 1.29 is 8.42 Å². The zero-order valence-electron chi connectivity index (χ0n) is 12.8. The van der Waals surface area contributed by atoms with Gasteiger partial charge < -0.3 is 5.32 Å². The molecule has 0 aliphatic rings. The van der Waals surface area contributed by atoms with Gasteiger partial charge in [0.25, 0.3) is 10.0 Å². The van der Waals surface area contributed by atoms with E-state index in [2.05, 4.69) is 15.0 Å². The van der Waals surface area contributed by atoms with Crippen LogP contribution in [0.2, 0.25) is 0 Å². The number of pyridine rings is 1. The zero-order chi connectivity index (χ0) is 16.4. The number of para-hydroxylation sites is 1. The highest BCUT2D eigenvalue weighted by Gasteiger charge is 2.19. The fourth-order valence-electron chi connectivity index (χ4n) is 2.40. The van der Waals surface area contributed by atoms with Crippen LogP contribution in [0.25, 0.3) is 10.9 Å². The maximum absolute atomic E-state index is 12.6. The van der Waals surface area contributed by atoms with E-state index in [1.165, 1.54) is 11.3 Å². The van der Waals surface area contributed by atoms with Crippen molar-refractivity contribution >= 4 is 38.0 Å². The Labute approximate surface area is 139 Å². The summed E-state index contributed by atoms with van der Waals surface area (Å²) >= 11 is 1.41. The molecule has 0 unspecified atom stereocenters. The van der Waals surface area contributed by atoms with E-state index in [0.29, 0.717) is 22.6 Å². The van der Waals surface area contributed by atoms with Crippen molar-refractivity contribution in [3.8, 4) is 0 Å². The Morgan fingerprint density at radius 2 is 2.00 bits per heavy atom. The van der Waals surface area contributed by atoms with Crippen LogP contribution in [0.3, 0.4) is 0 Å². The summed E-state index contributed by atoms with van der Waals surface area (Å²) in [5.41, 5.74) is 2.00. The first-order chi connectivity index (χ1) is 11.0. The maximum atomic E-state index is 12.6. The van der Waals surface area contributed by atoms with Crippen molar-refractivity contribution in [1.29, 1.82) is 0 Å². The number of aryl methyl sites for hydroxylation is 1. The standard InChI is InChI=1S/C16H17N3O2S2/c1-11-15(8-9-22-11)23(20,21)19-14-5-3-4-12-6-7-13(10-17-2)18-16(12)14/h3-9,17,19H,10H2,1-2H3. The maximum Gasteiger partial charge on any atom is 0.263 e. The molecule has 2 N–H and O–H groups in total. The van der Waals surface area contributed by atoms with Crippen LogP contribution in [0.4, 0.5) is 5.69 Å². The summed E-state index contributed by atoms with van der Waals surface area (Å²) < 4.78 is 27.9. The van der Waals surface area contributed by atoms with Crippen molar-refractivity contribution in [2.24, 2.45) is 0 Å². The Kier molecular flexibility index (Phi) is 4.34. The molecule has 0 amide bonds. The van der Waals surface area contributed by atoms with Crippen molar-refractivity contribution in [3.05, 3.63) is 52.3 Å². The third-order valence-electron chi connectivity index (χ3n) is 3.48. The monoisotopic (exact) mass is 347 g/mol. The van der Waals surface area contributed by atoms with Gasteiger partial charge in [0.2, 0.25) is 0 Å². The fraction of sp³-hybridized carbons (Fsp3) is 0.188. The van der Waals surface area contributed by atoms with Gasteiger partial charge in [0, 0.05) is 16.8 Å². The van der Waals surface area contributed by atoms with Crippen molar-refractivity contribution in [2.75, 3.05) is 11.8 Å². The molecule has 0 aliphatic carbocycles. The summed E-state index contributed by atoms with van der Waals surface area (Å²) in [6.07, 6.45) is 0. The van der Waals surface area contributed by atoms with E-state index in [9.17, 15) is 8.42 Å². The number of anilines is 1. The number of aromatic nitrogens is 1. The number of nitrogens with one attached hydrogen (secondary N) is 2. The number of benzene rings is 1. The van der Waals surface area contributed by atoms with Gasteiger partial charge >= 0.3 is 0 Å². The predicted molar refractivity (Wildman–Crippen MR) is 94.4 cm³/mol. The van der Waals surface area contributed by atoms with Crippen LogP contribution in [-0.4, -0.2) is 20.4 Å². The second-order valence-electron chi connectivity index (χ2n) is 5.16. The van der Waals surface area contributed by atoms with Crippen LogP contribution in [0.1, 0.15) is 10.6 Å². The van der Waals surface area contributed by atoms with Crippen LogP contribution in [0.15, 0.2) is 46.7 Å². The molecule has 0 saturated heterocycles. The Bertz CT molecular complexity index is 949. The number of fused-ring (bicyclic) bond motifs is 1. The lowest BCUT2D eigenvalue weighted by Crippen LogP contribution is -2.14. The number of sulfonamides is 1. The topological polar surface area (TPSA) is 71.1 Å². The molecule has 0 fully saturated rings. The molecule has 0 atom stereocenters. The lowest BCUT2D eigenvalue weighted by Gasteiger charge is -2.11. The molecule has 1 aromatic carbocycles. The van der Waals surface area contributed by atoms with Gasteiger partial charge in [-0.15, -0.1) is 11.3 Å². The van der Waals surface area contributed by atoms with Crippen LogP contribution >= 0.6 is 11.3 Å². The quantitative estimate of drug-likeness (QED) is 0.744. The van der Waals surface area contributed by atoms with E-state index in [1.54, 1.807) is 24.4 Å². The molecule has 2 aromatic heterocycles. The number of nitrogens with zero attached hydrogens (tertiary/aromatic N) is 1. The Hall–Kier alpha value is -1.96. The summed E-state index contributed by atoms with van der Waals surface area (Å²) in [5, 5.41) is 5.72. The number of hydrogen-bond acceptors (Lipinski definition) is 5. The average molecular weight is 347 g/mol. The molecule has 3 aromatic rings. The molecule has 7 heteroatoms. The van der Waals surface area contributed by atoms with Gasteiger partial charge in [0.15, 0.2) is 0 Å². The van der Waals surface area contributed by atoms with Crippen LogP contribution in [-0.2, 0) is 16.6 Å². The molecule has 2 heterocycles. The summed E-state index contributed by atoms with van der Waals surface area (Å²) in [7, 11) is -1.77. The van der Waals surface area contributed by atoms with Gasteiger partial charge in [-0.25, -0.2) is 13.4 Å². The van der Waals surface area contributed by atoms with Gasteiger partial charge in [0.05, 0.1) is 16.9 Å². The summed E-state index contributed by atoms with van der Waals surface area (Å²) in [4.78, 5) is 5.64. The highest BCUT2D eigenvalue weighted by molar-refractivity contribution is 7.93. The minimum Gasteiger partial charge on any atom is -0.314 e. The van der Waals surface area contributed by atoms with E-state index in [0.717, 1.165) is 16.0 Å². The predicted octanol–water partition coefficient (Wildman–Crippen LogP) is 3.12. The van der Waals surface area contributed by atoms with Crippen LogP contribution in [0.5, 0.6) is 0 Å². The molecule has 23 heavy (non-hydrogen) atoms. The molecule has 0 aliphatic heterocycles. The molecule has 120 valence electrons. The first-order valence-corrected chi connectivity index (χ1v) is 9.48. The van der Waals surface area contributed by atoms with Crippen molar-refractivity contribution in [1.82, 2.24) is 10.3 Å². The Morgan fingerprint density at radius 3 is 2.70 bits per heavy atom. The second kappa shape index (κ2) is 6.27. The largest absolute Gasteiger partial charge is 0.314 e. The smallest absolute Gasteiger partial charge is 0.263 e. The molecule has 0 radical (unpaired) electrons. The molecule has 0 bridgehead atoms. The van der Waals surface area contributed by atoms with Gasteiger partial charge in [-0.05, 0) is 37.6 Å². The third-order valence-corrected chi connectivity index (χ3v) is 5.97. The Balaban J connectivity index is 2.06. The lowest BCUT2D eigenvalue weighted by atomic mass is 10.2. The Morgan fingerprint density at radius 1 is 1.17 bits per heavy atom.